The highest BCUT2D eigenvalue weighted by atomic mass is 35.5. The Morgan fingerprint density at radius 3 is 2.27 bits per heavy atom. The molecule has 0 unspecified atom stereocenters. The number of carbonyl (C=O) groups is 2. The summed E-state index contributed by atoms with van der Waals surface area (Å²) in [7, 11) is 0. The second-order valence-corrected chi connectivity index (χ2v) is 4.96. The molecule has 2 N–H and O–H groups in total. The van der Waals surface area contributed by atoms with Crippen molar-refractivity contribution in [1.82, 2.24) is 5.32 Å². The summed E-state index contributed by atoms with van der Waals surface area (Å²) >= 11 is 5.75. The average Bonchev–Trinajstić information content (AvgIpc) is 2.52. The molecule has 0 saturated carbocycles. The van der Waals surface area contributed by atoms with Crippen LogP contribution in [0, 0.1) is 0 Å². The summed E-state index contributed by atoms with van der Waals surface area (Å²) in [6, 6.07) is 13.0. The summed E-state index contributed by atoms with van der Waals surface area (Å²) in [5.41, 5.74) is 1.02. The molecule has 2 aromatic carbocycles. The fraction of sp³-hybridized carbons (Fsp3) is 0.125. The Hall–Kier alpha value is -2.53. The van der Waals surface area contributed by atoms with Gasteiger partial charge in [0.05, 0.1) is 5.56 Å². The quantitative estimate of drug-likeness (QED) is 0.858. The van der Waals surface area contributed by atoms with E-state index in [4.69, 9.17) is 21.4 Å². The van der Waals surface area contributed by atoms with Crippen LogP contribution in [0.4, 0.5) is 0 Å². The lowest BCUT2D eigenvalue weighted by Gasteiger charge is -2.08. The van der Waals surface area contributed by atoms with Crippen molar-refractivity contribution < 1.29 is 19.4 Å². The number of hydrogen-bond donors (Lipinski definition) is 2. The first kappa shape index (κ1) is 15.9. The molecule has 0 fully saturated rings. The molecule has 114 valence electrons. The number of aromatic carboxylic acids is 1. The molecule has 0 radical (unpaired) electrons. The summed E-state index contributed by atoms with van der Waals surface area (Å²) in [5.74, 6) is -0.686. The standard InChI is InChI=1S/C16H14ClNO4/c17-13-5-7-14(8-6-13)22-10-15(19)18-9-11-1-3-12(4-2-11)16(20)21/h1-8H,9-10H2,(H,18,19)(H,20,21). The summed E-state index contributed by atoms with van der Waals surface area (Å²) in [6.45, 7) is 0.206. The first-order valence-corrected chi connectivity index (χ1v) is 6.89. The zero-order valence-electron chi connectivity index (χ0n) is 11.6. The van der Waals surface area contributed by atoms with E-state index < -0.39 is 5.97 Å². The Labute approximate surface area is 132 Å². The molecule has 0 saturated heterocycles. The highest BCUT2D eigenvalue weighted by molar-refractivity contribution is 6.30. The van der Waals surface area contributed by atoms with E-state index >= 15 is 0 Å². The maximum absolute atomic E-state index is 11.7. The predicted molar refractivity (Wildman–Crippen MR) is 82.2 cm³/mol. The first-order chi connectivity index (χ1) is 10.5. The molecule has 2 rings (SSSR count). The maximum Gasteiger partial charge on any atom is 0.335 e. The smallest absolute Gasteiger partial charge is 0.335 e. The van der Waals surface area contributed by atoms with Gasteiger partial charge in [0.1, 0.15) is 5.75 Å². The van der Waals surface area contributed by atoms with Crippen molar-refractivity contribution in [3.63, 3.8) is 0 Å². The second kappa shape index (κ2) is 7.47. The Morgan fingerprint density at radius 2 is 1.68 bits per heavy atom. The summed E-state index contributed by atoms with van der Waals surface area (Å²) in [5, 5.41) is 12.1. The number of hydrogen-bond acceptors (Lipinski definition) is 3. The maximum atomic E-state index is 11.7. The van der Waals surface area contributed by atoms with Crippen molar-refractivity contribution >= 4 is 23.5 Å². The Balaban J connectivity index is 1.77. The van der Waals surface area contributed by atoms with Crippen LogP contribution in [0.2, 0.25) is 5.02 Å². The largest absolute Gasteiger partial charge is 0.484 e. The van der Waals surface area contributed by atoms with Gasteiger partial charge >= 0.3 is 5.97 Å². The number of benzene rings is 2. The average molecular weight is 320 g/mol. The summed E-state index contributed by atoms with van der Waals surface area (Å²) in [6.07, 6.45) is 0. The van der Waals surface area contributed by atoms with Crippen molar-refractivity contribution in [3.05, 3.63) is 64.7 Å². The van der Waals surface area contributed by atoms with Gasteiger partial charge in [-0.15, -0.1) is 0 Å². The molecule has 22 heavy (non-hydrogen) atoms. The SMILES string of the molecule is O=C(COc1ccc(Cl)cc1)NCc1ccc(C(=O)O)cc1. The van der Waals surface area contributed by atoms with E-state index in [1.54, 1.807) is 36.4 Å². The molecule has 5 nitrogen and oxygen atoms in total. The molecule has 2 aromatic rings. The van der Waals surface area contributed by atoms with Crippen LogP contribution < -0.4 is 10.1 Å². The van der Waals surface area contributed by atoms with Gasteiger partial charge in [-0.3, -0.25) is 4.79 Å². The zero-order chi connectivity index (χ0) is 15.9. The molecule has 0 bridgehead atoms. The second-order valence-electron chi connectivity index (χ2n) is 4.52. The van der Waals surface area contributed by atoms with Crippen LogP contribution in [0.1, 0.15) is 15.9 Å². The lowest BCUT2D eigenvalue weighted by atomic mass is 10.1. The van der Waals surface area contributed by atoms with Gasteiger partial charge in [0.25, 0.3) is 5.91 Å². The minimum absolute atomic E-state index is 0.102. The van der Waals surface area contributed by atoms with Crippen LogP contribution in [0.15, 0.2) is 48.5 Å². The van der Waals surface area contributed by atoms with Gasteiger partial charge in [-0.05, 0) is 42.0 Å². The normalized spacial score (nSPS) is 10.0. The van der Waals surface area contributed by atoms with Gasteiger partial charge in [-0.1, -0.05) is 23.7 Å². The van der Waals surface area contributed by atoms with Gasteiger partial charge in [0.15, 0.2) is 6.61 Å². The van der Waals surface area contributed by atoms with Crippen molar-refractivity contribution in [2.45, 2.75) is 6.54 Å². The van der Waals surface area contributed by atoms with Gasteiger partial charge in [0.2, 0.25) is 0 Å². The molecule has 0 aromatic heterocycles. The lowest BCUT2D eigenvalue weighted by Crippen LogP contribution is -2.28. The van der Waals surface area contributed by atoms with Crippen LogP contribution in [0.5, 0.6) is 5.75 Å². The van der Waals surface area contributed by atoms with E-state index in [9.17, 15) is 9.59 Å². The number of nitrogens with one attached hydrogen (secondary N) is 1. The number of ether oxygens (including phenoxy) is 1. The van der Waals surface area contributed by atoms with E-state index in [-0.39, 0.29) is 18.1 Å². The number of amides is 1. The Kier molecular flexibility index (Phi) is 5.38. The molecule has 6 heteroatoms. The highest BCUT2D eigenvalue weighted by Gasteiger charge is 2.05. The Bertz CT molecular complexity index is 653. The molecule has 0 aliphatic heterocycles. The minimum Gasteiger partial charge on any atom is -0.484 e. The van der Waals surface area contributed by atoms with E-state index in [1.165, 1.54) is 12.1 Å². The summed E-state index contributed by atoms with van der Waals surface area (Å²) < 4.78 is 5.31. The third kappa shape index (κ3) is 4.79. The molecule has 0 aliphatic rings. The number of carbonyl (C=O) groups excluding carboxylic acids is 1. The molecule has 0 aliphatic carbocycles. The molecular weight excluding hydrogens is 306 g/mol. The van der Waals surface area contributed by atoms with E-state index in [1.807, 2.05) is 0 Å². The van der Waals surface area contributed by atoms with Crippen molar-refractivity contribution in [2.24, 2.45) is 0 Å². The fourth-order valence-electron chi connectivity index (χ4n) is 1.70. The van der Waals surface area contributed by atoms with E-state index in [0.29, 0.717) is 17.3 Å². The van der Waals surface area contributed by atoms with Gasteiger partial charge < -0.3 is 15.2 Å². The highest BCUT2D eigenvalue weighted by Crippen LogP contribution is 2.15. The van der Waals surface area contributed by atoms with Crippen molar-refractivity contribution in [2.75, 3.05) is 6.61 Å². The fourth-order valence-corrected chi connectivity index (χ4v) is 1.82. The monoisotopic (exact) mass is 319 g/mol. The van der Waals surface area contributed by atoms with Crippen LogP contribution in [-0.4, -0.2) is 23.6 Å². The zero-order valence-corrected chi connectivity index (χ0v) is 12.3. The molecule has 0 atom stereocenters. The van der Waals surface area contributed by atoms with Crippen LogP contribution >= 0.6 is 11.6 Å². The first-order valence-electron chi connectivity index (χ1n) is 6.52. The van der Waals surface area contributed by atoms with Gasteiger partial charge in [0, 0.05) is 11.6 Å². The van der Waals surface area contributed by atoms with Crippen molar-refractivity contribution in [3.8, 4) is 5.75 Å². The topological polar surface area (TPSA) is 75.6 Å². The Morgan fingerprint density at radius 1 is 1.05 bits per heavy atom. The lowest BCUT2D eigenvalue weighted by molar-refractivity contribution is -0.123. The van der Waals surface area contributed by atoms with E-state index in [2.05, 4.69) is 5.32 Å². The molecular formula is C16H14ClNO4. The third-order valence-corrected chi connectivity index (χ3v) is 3.13. The van der Waals surface area contributed by atoms with Crippen molar-refractivity contribution in [1.29, 1.82) is 0 Å². The number of carboxylic acids is 1. The summed E-state index contributed by atoms with van der Waals surface area (Å²) in [4.78, 5) is 22.4. The number of rotatable bonds is 6. The number of halogens is 1. The minimum atomic E-state index is -0.980. The van der Waals surface area contributed by atoms with Gasteiger partial charge in [-0.2, -0.15) is 0 Å². The predicted octanol–water partition coefficient (Wildman–Crippen LogP) is 2.73. The molecule has 1 amide bonds. The van der Waals surface area contributed by atoms with Crippen LogP contribution in [0.3, 0.4) is 0 Å². The molecule has 0 spiro atoms. The molecule has 0 heterocycles. The van der Waals surface area contributed by atoms with Gasteiger partial charge in [-0.25, -0.2) is 4.79 Å². The third-order valence-electron chi connectivity index (χ3n) is 2.87. The van der Waals surface area contributed by atoms with Crippen LogP contribution in [0.25, 0.3) is 0 Å². The van der Waals surface area contributed by atoms with E-state index in [0.717, 1.165) is 5.56 Å². The number of carboxylic acid groups (broad SMARTS) is 1. The van der Waals surface area contributed by atoms with Crippen LogP contribution in [-0.2, 0) is 11.3 Å².